The van der Waals surface area contributed by atoms with Gasteiger partial charge in [-0.05, 0) is 44.0 Å². The third kappa shape index (κ3) is 7.78. The molecule has 0 atom stereocenters. The minimum Gasteiger partial charge on any atom is -0.496 e. The topological polar surface area (TPSA) is 73.4 Å². The van der Waals surface area contributed by atoms with Gasteiger partial charge in [-0.3, -0.25) is 0 Å². The van der Waals surface area contributed by atoms with Crippen LogP contribution in [-0.2, 0) is 18.0 Å². The van der Waals surface area contributed by atoms with E-state index >= 15 is 4.39 Å². The summed E-state index contributed by atoms with van der Waals surface area (Å²) in [5, 5.41) is 0. The monoisotopic (exact) mass is 599 g/mol. The summed E-state index contributed by atoms with van der Waals surface area (Å²) in [6.07, 6.45) is -0.364. The number of hydrogen-bond acceptors (Lipinski definition) is 7. The van der Waals surface area contributed by atoms with Gasteiger partial charge in [-0.1, -0.05) is 60.7 Å². The molecule has 3 aromatic carbocycles. The van der Waals surface area contributed by atoms with Crippen molar-refractivity contribution in [1.29, 1.82) is 0 Å². The number of piperazine rings is 1. The highest BCUT2D eigenvalue weighted by Crippen LogP contribution is 2.40. The predicted octanol–water partition coefficient (Wildman–Crippen LogP) is 7.11. The van der Waals surface area contributed by atoms with E-state index in [1.165, 1.54) is 6.07 Å². The van der Waals surface area contributed by atoms with Crippen molar-refractivity contribution >= 4 is 11.8 Å². The van der Waals surface area contributed by atoms with E-state index in [4.69, 9.17) is 18.9 Å². The molecule has 1 aromatic heterocycles. The van der Waals surface area contributed by atoms with Crippen molar-refractivity contribution < 1.29 is 28.1 Å². The molecule has 0 spiro atoms. The molecule has 230 valence electrons. The zero-order valence-electron chi connectivity index (χ0n) is 25.6. The van der Waals surface area contributed by atoms with Crippen LogP contribution in [0.3, 0.4) is 0 Å². The molecule has 1 fully saturated rings. The van der Waals surface area contributed by atoms with Crippen LogP contribution < -0.4 is 19.1 Å². The number of halogens is 1. The van der Waals surface area contributed by atoms with E-state index < -0.39 is 11.4 Å². The first-order valence-corrected chi connectivity index (χ1v) is 14.7. The van der Waals surface area contributed by atoms with Crippen molar-refractivity contribution in [2.75, 3.05) is 38.2 Å². The summed E-state index contributed by atoms with van der Waals surface area (Å²) in [7, 11) is 1.55. The Morgan fingerprint density at radius 2 is 1.43 bits per heavy atom. The summed E-state index contributed by atoms with van der Waals surface area (Å²) in [4.78, 5) is 20.7. The van der Waals surface area contributed by atoms with Crippen LogP contribution in [0.4, 0.5) is 14.9 Å². The van der Waals surface area contributed by atoms with E-state index in [0.29, 0.717) is 67.1 Å². The number of methoxy groups -OCH3 is 1. The lowest BCUT2D eigenvalue weighted by molar-refractivity contribution is 0.0240. The van der Waals surface area contributed by atoms with Crippen molar-refractivity contribution in [1.82, 2.24) is 9.88 Å². The molecule has 0 N–H and O–H groups in total. The fourth-order valence-electron chi connectivity index (χ4n) is 4.90. The van der Waals surface area contributed by atoms with Gasteiger partial charge in [0.25, 0.3) is 0 Å². The summed E-state index contributed by atoms with van der Waals surface area (Å²) < 4.78 is 39.2. The van der Waals surface area contributed by atoms with Crippen LogP contribution >= 0.6 is 0 Å². The minimum atomic E-state index is -0.575. The van der Waals surface area contributed by atoms with Crippen molar-refractivity contribution in [2.24, 2.45) is 0 Å². The molecule has 1 saturated heterocycles. The van der Waals surface area contributed by atoms with E-state index in [0.717, 1.165) is 11.1 Å². The van der Waals surface area contributed by atoms with E-state index in [9.17, 15) is 4.79 Å². The molecule has 5 rings (SSSR count). The van der Waals surface area contributed by atoms with Crippen molar-refractivity contribution in [2.45, 2.75) is 39.6 Å². The molecule has 4 aromatic rings. The molecule has 1 aliphatic heterocycles. The van der Waals surface area contributed by atoms with E-state index in [1.807, 2.05) is 92.4 Å². The van der Waals surface area contributed by atoms with Crippen molar-refractivity contribution in [3.8, 4) is 28.6 Å². The second-order valence-corrected chi connectivity index (χ2v) is 11.5. The lowest BCUT2D eigenvalue weighted by Crippen LogP contribution is -2.50. The van der Waals surface area contributed by atoms with Gasteiger partial charge in [0.15, 0.2) is 0 Å². The summed E-state index contributed by atoms with van der Waals surface area (Å²) in [5.41, 5.74) is 2.88. The number of amides is 1. The molecule has 0 unspecified atom stereocenters. The number of anilines is 1. The maximum atomic E-state index is 15.8. The van der Waals surface area contributed by atoms with Crippen LogP contribution in [0.15, 0.2) is 84.9 Å². The maximum absolute atomic E-state index is 15.8. The summed E-state index contributed by atoms with van der Waals surface area (Å²) >= 11 is 0. The maximum Gasteiger partial charge on any atom is 0.410 e. The number of rotatable bonds is 9. The Morgan fingerprint density at radius 3 is 2.02 bits per heavy atom. The van der Waals surface area contributed by atoms with Crippen LogP contribution in [0, 0.1) is 5.82 Å². The van der Waals surface area contributed by atoms with Gasteiger partial charge in [0.2, 0.25) is 11.8 Å². The van der Waals surface area contributed by atoms with Crippen LogP contribution in [0.5, 0.6) is 17.5 Å². The molecular formula is C35H38FN3O5. The van der Waals surface area contributed by atoms with Gasteiger partial charge in [-0.15, -0.1) is 0 Å². The Labute approximate surface area is 257 Å². The van der Waals surface area contributed by atoms with Crippen LogP contribution in [-0.4, -0.2) is 54.9 Å². The molecule has 0 aliphatic carbocycles. The van der Waals surface area contributed by atoms with Gasteiger partial charge in [0, 0.05) is 49.4 Å². The molecule has 44 heavy (non-hydrogen) atoms. The van der Waals surface area contributed by atoms with Gasteiger partial charge in [0.1, 0.15) is 30.4 Å². The Morgan fingerprint density at radius 1 is 0.818 bits per heavy atom. The van der Waals surface area contributed by atoms with Gasteiger partial charge < -0.3 is 28.7 Å². The Kier molecular flexibility index (Phi) is 9.53. The standard InChI is InChI=1S/C35H38FN3O5/c1-35(2,3)44-34(40)39-19-17-38(18-20-39)30-22-31(41-4)28(21-29(30)36)27-15-16-32(42-23-25-11-7-5-8-12-25)37-33(27)43-24-26-13-9-6-10-14-26/h5-16,21-22H,17-20,23-24H2,1-4H3. The van der Waals surface area contributed by atoms with Crippen LogP contribution in [0.1, 0.15) is 31.9 Å². The largest absolute Gasteiger partial charge is 0.496 e. The van der Waals surface area contributed by atoms with E-state index in [2.05, 4.69) is 4.98 Å². The molecule has 0 saturated carbocycles. The fourth-order valence-corrected chi connectivity index (χ4v) is 4.90. The molecule has 0 bridgehead atoms. The van der Waals surface area contributed by atoms with Gasteiger partial charge in [0.05, 0.1) is 12.8 Å². The van der Waals surface area contributed by atoms with Crippen LogP contribution in [0.2, 0.25) is 0 Å². The molecule has 9 heteroatoms. The average molecular weight is 600 g/mol. The number of pyridine rings is 1. The third-order valence-electron chi connectivity index (χ3n) is 7.11. The summed E-state index contributed by atoms with van der Waals surface area (Å²) in [5.74, 6) is 0.751. The lowest BCUT2D eigenvalue weighted by Gasteiger charge is -2.37. The number of nitrogens with zero attached hydrogens (tertiary/aromatic N) is 3. The zero-order chi connectivity index (χ0) is 31.1. The Hall–Kier alpha value is -4.79. The number of benzene rings is 3. The average Bonchev–Trinajstić information content (AvgIpc) is 3.03. The molecule has 8 nitrogen and oxygen atoms in total. The highest BCUT2D eigenvalue weighted by molar-refractivity contribution is 5.78. The summed E-state index contributed by atoms with van der Waals surface area (Å²) in [6.45, 7) is 7.88. The molecule has 1 amide bonds. The van der Waals surface area contributed by atoms with E-state index in [1.54, 1.807) is 24.1 Å². The smallest absolute Gasteiger partial charge is 0.410 e. The SMILES string of the molecule is COc1cc(N2CCN(C(=O)OC(C)(C)C)CC2)c(F)cc1-c1ccc(OCc2ccccc2)nc1OCc1ccccc1. The van der Waals surface area contributed by atoms with Gasteiger partial charge >= 0.3 is 6.09 Å². The normalized spacial score (nSPS) is 13.4. The highest BCUT2D eigenvalue weighted by Gasteiger charge is 2.28. The molecule has 2 heterocycles. The second kappa shape index (κ2) is 13.7. The Balaban J connectivity index is 1.39. The first-order chi connectivity index (χ1) is 21.2. The molecular weight excluding hydrogens is 561 g/mol. The number of carbonyl (C=O) groups excluding carboxylic acids is 1. The number of aromatic nitrogens is 1. The summed E-state index contributed by atoms with van der Waals surface area (Å²) in [6, 6.07) is 26.3. The van der Waals surface area contributed by atoms with Gasteiger partial charge in [-0.25, -0.2) is 9.18 Å². The van der Waals surface area contributed by atoms with E-state index in [-0.39, 0.29) is 12.7 Å². The number of carbonyl (C=O) groups is 1. The lowest BCUT2D eigenvalue weighted by atomic mass is 10.0. The fraction of sp³-hybridized carbons (Fsp3) is 0.314. The first kappa shape index (κ1) is 30.7. The van der Waals surface area contributed by atoms with Gasteiger partial charge in [-0.2, -0.15) is 4.98 Å². The number of ether oxygens (including phenoxy) is 4. The van der Waals surface area contributed by atoms with Crippen molar-refractivity contribution in [3.63, 3.8) is 0 Å². The van der Waals surface area contributed by atoms with Crippen LogP contribution in [0.25, 0.3) is 11.1 Å². The highest BCUT2D eigenvalue weighted by atomic mass is 19.1. The first-order valence-electron chi connectivity index (χ1n) is 14.7. The predicted molar refractivity (Wildman–Crippen MR) is 168 cm³/mol. The third-order valence-corrected chi connectivity index (χ3v) is 7.11. The molecule has 1 aliphatic rings. The zero-order valence-corrected chi connectivity index (χ0v) is 25.6. The molecule has 0 radical (unpaired) electrons. The minimum absolute atomic E-state index is 0.272. The van der Waals surface area contributed by atoms with Crippen molar-refractivity contribution in [3.05, 3.63) is 102 Å². The second-order valence-electron chi connectivity index (χ2n) is 11.5. The Bertz CT molecular complexity index is 1550. The number of hydrogen-bond donors (Lipinski definition) is 0. The quantitative estimate of drug-likeness (QED) is 0.203.